The van der Waals surface area contributed by atoms with Crippen molar-refractivity contribution in [3.63, 3.8) is 0 Å². The van der Waals surface area contributed by atoms with Crippen LogP contribution in [0.5, 0.6) is 0 Å². The van der Waals surface area contributed by atoms with E-state index in [1.54, 1.807) is 18.2 Å². The lowest BCUT2D eigenvalue weighted by atomic mass is 10.2. The van der Waals surface area contributed by atoms with E-state index in [0.717, 1.165) is 19.3 Å². The highest BCUT2D eigenvalue weighted by atomic mass is 79.9. The molecular weight excluding hydrogens is 326 g/mol. The van der Waals surface area contributed by atoms with E-state index in [9.17, 15) is 9.59 Å². The summed E-state index contributed by atoms with van der Waals surface area (Å²) in [6, 6.07) is 3.53. The van der Waals surface area contributed by atoms with E-state index in [1.165, 1.54) is 13.2 Å². The standard InChI is InChI=1S/C14H18BrNO4/c1-19-14(18)5-3-2-4-10-16-13(17)9-7-11-6-8-12(15)20-11/h6-9H,2-5,10H2,1H3,(H,16,17)/b9-7+. The molecule has 1 aromatic rings. The minimum absolute atomic E-state index is 0.162. The first-order valence-corrected chi connectivity index (χ1v) is 7.19. The van der Waals surface area contributed by atoms with Crippen LogP contribution in [-0.4, -0.2) is 25.5 Å². The van der Waals surface area contributed by atoms with Crippen LogP contribution in [0, 0.1) is 0 Å². The molecule has 1 amide bonds. The van der Waals surface area contributed by atoms with Crippen LogP contribution in [0.2, 0.25) is 0 Å². The molecule has 110 valence electrons. The third kappa shape index (κ3) is 7.13. The number of carbonyl (C=O) groups is 2. The molecule has 1 heterocycles. The second-order valence-electron chi connectivity index (χ2n) is 4.15. The predicted octanol–water partition coefficient (Wildman–Crippen LogP) is 2.90. The van der Waals surface area contributed by atoms with Crippen molar-refractivity contribution in [1.82, 2.24) is 5.32 Å². The Morgan fingerprint density at radius 2 is 2.15 bits per heavy atom. The second kappa shape index (κ2) is 9.36. The van der Waals surface area contributed by atoms with Crippen molar-refractivity contribution in [2.24, 2.45) is 0 Å². The molecule has 5 nitrogen and oxygen atoms in total. The van der Waals surface area contributed by atoms with E-state index in [0.29, 0.717) is 23.4 Å². The monoisotopic (exact) mass is 343 g/mol. The topological polar surface area (TPSA) is 68.5 Å². The summed E-state index contributed by atoms with van der Waals surface area (Å²) in [6.07, 6.45) is 5.96. The van der Waals surface area contributed by atoms with Crippen LogP contribution in [-0.2, 0) is 14.3 Å². The third-order valence-electron chi connectivity index (χ3n) is 2.58. The Hall–Kier alpha value is -1.56. The van der Waals surface area contributed by atoms with Gasteiger partial charge in [-0.05, 0) is 47.0 Å². The summed E-state index contributed by atoms with van der Waals surface area (Å²) < 4.78 is 10.4. The number of methoxy groups -OCH3 is 1. The average molecular weight is 344 g/mol. The van der Waals surface area contributed by atoms with Gasteiger partial charge in [-0.25, -0.2) is 0 Å². The van der Waals surface area contributed by atoms with Gasteiger partial charge in [0.2, 0.25) is 5.91 Å². The molecule has 0 radical (unpaired) electrons. The summed E-state index contributed by atoms with van der Waals surface area (Å²) in [7, 11) is 1.38. The molecule has 0 aliphatic rings. The van der Waals surface area contributed by atoms with Crippen LogP contribution < -0.4 is 5.32 Å². The van der Waals surface area contributed by atoms with Gasteiger partial charge in [0.1, 0.15) is 5.76 Å². The number of rotatable bonds is 8. The summed E-state index contributed by atoms with van der Waals surface area (Å²) in [5.74, 6) is 0.261. The van der Waals surface area contributed by atoms with Crippen LogP contribution in [0.25, 0.3) is 6.08 Å². The number of halogens is 1. The lowest BCUT2D eigenvalue weighted by Crippen LogP contribution is -2.22. The van der Waals surface area contributed by atoms with Gasteiger partial charge in [-0.3, -0.25) is 9.59 Å². The van der Waals surface area contributed by atoms with Gasteiger partial charge < -0.3 is 14.5 Å². The maximum Gasteiger partial charge on any atom is 0.305 e. The predicted molar refractivity (Wildman–Crippen MR) is 78.9 cm³/mol. The zero-order valence-corrected chi connectivity index (χ0v) is 12.9. The zero-order chi connectivity index (χ0) is 14.8. The molecule has 0 atom stereocenters. The van der Waals surface area contributed by atoms with Crippen molar-refractivity contribution in [3.05, 3.63) is 28.6 Å². The number of furan rings is 1. The van der Waals surface area contributed by atoms with Gasteiger partial charge in [0.25, 0.3) is 0 Å². The van der Waals surface area contributed by atoms with E-state index in [4.69, 9.17) is 4.42 Å². The highest BCUT2D eigenvalue weighted by Gasteiger charge is 2.00. The van der Waals surface area contributed by atoms with Crippen LogP contribution in [0.4, 0.5) is 0 Å². The molecule has 0 spiro atoms. The summed E-state index contributed by atoms with van der Waals surface area (Å²) >= 11 is 3.19. The van der Waals surface area contributed by atoms with Gasteiger partial charge >= 0.3 is 5.97 Å². The molecule has 0 bridgehead atoms. The quantitative estimate of drug-likeness (QED) is 0.447. The molecule has 0 saturated heterocycles. The van der Waals surface area contributed by atoms with Crippen LogP contribution >= 0.6 is 15.9 Å². The Morgan fingerprint density at radius 1 is 1.35 bits per heavy atom. The fourth-order valence-electron chi connectivity index (χ4n) is 1.52. The zero-order valence-electron chi connectivity index (χ0n) is 11.4. The van der Waals surface area contributed by atoms with Crippen molar-refractivity contribution in [3.8, 4) is 0 Å². The van der Waals surface area contributed by atoms with Gasteiger partial charge in [-0.15, -0.1) is 0 Å². The average Bonchev–Trinajstić information content (AvgIpc) is 2.85. The van der Waals surface area contributed by atoms with E-state index < -0.39 is 0 Å². The van der Waals surface area contributed by atoms with Crippen molar-refractivity contribution in [2.45, 2.75) is 25.7 Å². The van der Waals surface area contributed by atoms with Crippen molar-refractivity contribution >= 4 is 33.9 Å². The fourth-order valence-corrected chi connectivity index (χ4v) is 1.84. The van der Waals surface area contributed by atoms with E-state index in [2.05, 4.69) is 26.0 Å². The number of nitrogens with one attached hydrogen (secondary N) is 1. The van der Waals surface area contributed by atoms with Gasteiger partial charge in [0, 0.05) is 19.0 Å². The maximum absolute atomic E-state index is 11.5. The van der Waals surface area contributed by atoms with E-state index in [1.807, 2.05) is 0 Å². The molecule has 0 aliphatic heterocycles. The van der Waals surface area contributed by atoms with Gasteiger partial charge in [-0.1, -0.05) is 6.42 Å². The highest BCUT2D eigenvalue weighted by molar-refractivity contribution is 9.10. The van der Waals surface area contributed by atoms with Crippen LogP contribution in [0.1, 0.15) is 31.4 Å². The first-order chi connectivity index (χ1) is 9.61. The van der Waals surface area contributed by atoms with Gasteiger partial charge in [0.15, 0.2) is 4.67 Å². The lowest BCUT2D eigenvalue weighted by Gasteiger charge is -2.02. The molecule has 0 fully saturated rings. The smallest absolute Gasteiger partial charge is 0.305 e. The number of esters is 1. The minimum Gasteiger partial charge on any atom is -0.469 e. The number of amides is 1. The fraction of sp³-hybridized carbons (Fsp3) is 0.429. The van der Waals surface area contributed by atoms with Crippen LogP contribution in [0.3, 0.4) is 0 Å². The Kier molecular flexibility index (Phi) is 7.72. The molecule has 0 saturated carbocycles. The summed E-state index contributed by atoms with van der Waals surface area (Å²) in [5, 5.41) is 2.77. The Labute approximate surface area is 126 Å². The third-order valence-corrected chi connectivity index (χ3v) is 3.00. The molecule has 6 heteroatoms. The van der Waals surface area contributed by atoms with Crippen LogP contribution in [0.15, 0.2) is 27.3 Å². The highest BCUT2D eigenvalue weighted by Crippen LogP contribution is 2.14. The minimum atomic E-state index is -0.193. The molecule has 1 N–H and O–H groups in total. The second-order valence-corrected chi connectivity index (χ2v) is 4.93. The van der Waals surface area contributed by atoms with E-state index >= 15 is 0 Å². The number of hydrogen-bond donors (Lipinski definition) is 1. The van der Waals surface area contributed by atoms with Gasteiger partial charge in [0.05, 0.1) is 7.11 Å². The number of unbranched alkanes of at least 4 members (excludes halogenated alkanes) is 2. The first-order valence-electron chi connectivity index (χ1n) is 6.40. The molecule has 1 aromatic heterocycles. The largest absolute Gasteiger partial charge is 0.469 e. The Morgan fingerprint density at radius 3 is 2.80 bits per heavy atom. The van der Waals surface area contributed by atoms with E-state index in [-0.39, 0.29) is 11.9 Å². The van der Waals surface area contributed by atoms with Crippen molar-refractivity contribution in [1.29, 1.82) is 0 Å². The Bertz CT molecular complexity index is 467. The Balaban J connectivity index is 2.08. The van der Waals surface area contributed by atoms with Gasteiger partial charge in [-0.2, -0.15) is 0 Å². The lowest BCUT2D eigenvalue weighted by molar-refractivity contribution is -0.140. The maximum atomic E-state index is 11.5. The summed E-state index contributed by atoms with van der Waals surface area (Å²) in [5.41, 5.74) is 0. The number of carbonyl (C=O) groups excluding carboxylic acids is 2. The number of ether oxygens (including phenoxy) is 1. The molecule has 0 aliphatic carbocycles. The first kappa shape index (κ1) is 16.5. The van der Waals surface area contributed by atoms with Crippen molar-refractivity contribution < 1.29 is 18.7 Å². The van der Waals surface area contributed by atoms with Crippen molar-refractivity contribution in [2.75, 3.05) is 13.7 Å². The summed E-state index contributed by atoms with van der Waals surface area (Å²) in [4.78, 5) is 22.3. The molecule has 0 aromatic carbocycles. The summed E-state index contributed by atoms with van der Waals surface area (Å²) in [6.45, 7) is 0.589. The normalized spacial score (nSPS) is 10.7. The molecular formula is C14H18BrNO4. The SMILES string of the molecule is COC(=O)CCCCCNC(=O)/C=C/c1ccc(Br)o1. The molecule has 1 rings (SSSR count). The number of hydrogen-bond acceptors (Lipinski definition) is 4. The molecule has 0 unspecified atom stereocenters. The molecule has 20 heavy (non-hydrogen) atoms.